The van der Waals surface area contributed by atoms with Crippen LogP contribution in [0.1, 0.15) is 31.7 Å². The molecule has 1 saturated carbocycles. The fraction of sp³-hybridized carbons (Fsp3) is 0.467. The molecule has 0 amide bonds. The van der Waals surface area contributed by atoms with E-state index in [9.17, 15) is 5.11 Å². The van der Waals surface area contributed by atoms with Crippen molar-refractivity contribution in [2.24, 2.45) is 0 Å². The molecule has 2 atom stereocenters. The Morgan fingerprint density at radius 1 is 1.40 bits per heavy atom. The maximum atomic E-state index is 9.58. The number of rotatable bonds is 3. The first-order valence-corrected chi connectivity index (χ1v) is 7.84. The summed E-state index contributed by atoms with van der Waals surface area (Å²) in [5.41, 5.74) is 2.22. The molecule has 4 nitrogen and oxygen atoms in total. The van der Waals surface area contributed by atoms with E-state index < -0.39 is 0 Å². The first kappa shape index (κ1) is 13.8. The summed E-state index contributed by atoms with van der Waals surface area (Å²) in [6.07, 6.45) is 5.23. The van der Waals surface area contributed by atoms with E-state index in [1.54, 1.807) is 0 Å². The largest absolute Gasteiger partial charge is 0.393 e. The first-order valence-electron chi connectivity index (χ1n) is 7.05. The van der Waals surface area contributed by atoms with Gasteiger partial charge in [-0.2, -0.15) is 0 Å². The van der Waals surface area contributed by atoms with Crippen molar-refractivity contribution >= 4 is 32.8 Å². The monoisotopic (exact) mass is 335 g/mol. The highest BCUT2D eigenvalue weighted by molar-refractivity contribution is 9.10. The van der Waals surface area contributed by atoms with Crippen LogP contribution in [0.5, 0.6) is 0 Å². The number of aromatic nitrogens is 2. The third-order valence-electron chi connectivity index (χ3n) is 3.85. The number of benzene rings is 1. The van der Waals surface area contributed by atoms with Gasteiger partial charge < -0.3 is 10.4 Å². The molecule has 0 bridgehead atoms. The number of halogens is 1. The van der Waals surface area contributed by atoms with Gasteiger partial charge in [-0.15, -0.1) is 0 Å². The maximum Gasteiger partial charge on any atom is 0.223 e. The van der Waals surface area contributed by atoms with Gasteiger partial charge in [-0.1, -0.05) is 22.9 Å². The van der Waals surface area contributed by atoms with Gasteiger partial charge in [0.1, 0.15) is 0 Å². The SMILES string of the molecule is CCc1cc(Br)cc2cnc(N[C@H]3CC[C@H](O)C3)nc12. The van der Waals surface area contributed by atoms with E-state index in [2.05, 4.69) is 44.2 Å². The summed E-state index contributed by atoms with van der Waals surface area (Å²) in [5, 5.41) is 14.0. The van der Waals surface area contributed by atoms with Gasteiger partial charge in [0.15, 0.2) is 0 Å². The van der Waals surface area contributed by atoms with Crippen LogP contribution in [0.4, 0.5) is 5.95 Å². The number of anilines is 1. The van der Waals surface area contributed by atoms with Gasteiger partial charge in [0.25, 0.3) is 0 Å². The molecule has 2 N–H and O–H groups in total. The fourth-order valence-corrected chi connectivity index (χ4v) is 3.31. The van der Waals surface area contributed by atoms with Crippen LogP contribution in [0.2, 0.25) is 0 Å². The predicted molar refractivity (Wildman–Crippen MR) is 83.9 cm³/mol. The minimum Gasteiger partial charge on any atom is -0.393 e. The highest BCUT2D eigenvalue weighted by Crippen LogP contribution is 2.25. The summed E-state index contributed by atoms with van der Waals surface area (Å²) in [4.78, 5) is 9.04. The average Bonchev–Trinajstić information content (AvgIpc) is 2.83. The number of nitrogens with zero attached hydrogens (tertiary/aromatic N) is 2. The van der Waals surface area contributed by atoms with Gasteiger partial charge in [0, 0.05) is 22.1 Å². The van der Waals surface area contributed by atoms with Crippen LogP contribution in [0.25, 0.3) is 10.9 Å². The van der Waals surface area contributed by atoms with Gasteiger partial charge in [-0.25, -0.2) is 9.97 Å². The summed E-state index contributed by atoms with van der Waals surface area (Å²) in [6, 6.07) is 4.43. The van der Waals surface area contributed by atoms with Gasteiger partial charge in [0.2, 0.25) is 5.95 Å². The Morgan fingerprint density at radius 3 is 2.95 bits per heavy atom. The third-order valence-corrected chi connectivity index (χ3v) is 4.30. The van der Waals surface area contributed by atoms with E-state index in [1.807, 2.05) is 12.3 Å². The lowest BCUT2D eigenvalue weighted by Gasteiger charge is -2.13. The van der Waals surface area contributed by atoms with Crippen molar-refractivity contribution < 1.29 is 5.11 Å². The maximum absolute atomic E-state index is 9.58. The van der Waals surface area contributed by atoms with Crippen LogP contribution >= 0.6 is 15.9 Å². The number of hydrogen-bond acceptors (Lipinski definition) is 4. The van der Waals surface area contributed by atoms with Crippen LogP contribution in [0.15, 0.2) is 22.8 Å². The molecule has 5 heteroatoms. The van der Waals surface area contributed by atoms with E-state index in [-0.39, 0.29) is 12.1 Å². The summed E-state index contributed by atoms with van der Waals surface area (Å²) >= 11 is 3.52. The zero-order chi connectivity index (χ0) is 14.1. The van der Waals surface area contributed by atoms with Crippen LogP contribution in [0.3, 0.4) is 0 Å². The molecule has 20 heavy (non-hydrogen) atoms. The van der Waals surface area contributed by atoms with Gasteiger partial charge in [0.05, 0.1) is 11.6 Å². The van der Waals surface area contributed by atoms with Crippen molar-refractivity contribution in [3.63, 3.8) is 0 Å². The fourth-order valence-electron chi connectivity index (χ4n) is 2.79. The Balaban J connectivity index is 1.91. The molecule has 2 aromatic rings. The van der Waals surface area contributed by atoms with Crippen molar-refractivity contribution in [3.05, 3.63) is 28.4 Å². The van der Waals surface area contributed by atoms with E-state index in [1.165, 1.54) is 5.56 Å². The van der Waals surface area contributed by atoms with E-state index in [0.717, 1.165) is 41.1 Å². The molecule has 3 rings (SSSR count). The third kappa shape index (κ3) is 2.79. The number of fused-ring (bicyclic) bond motifs is 1. The summed E-state index contributed by atoms with van der Waals surface area (Å²) in [6.45, 7) is 2.13. The molecular formula is C15H18BrN3O. The lowest BCUT2D eigenvalue weighted by Crippen LogP contribution is -2.18. The van der Waals surface area contributed by atoms with Crippen molar-refractivity contribution in [2.45, 2.75) is 44.8 Å². The predicted octanol–water partition coefficient (Wildman–Crippen LogP) is 3.28. The number of aryl methyl sites for hydroxylation is 1. The van der Waals surface area contributed by atoms with Crippen LogP contribution in [0, 0.1) is 0 Å². The topological polar surface area (TPSA) is 58.0 Å². The summed E-state index contributed by atoms with van der Waals surface area (Å²) < 4.78 is 1.06. The van der Waals surface area contributed by atoms with Crippen molar-refractivity contribution in [1.29, 1.82) is 0 Å². The second kappa shape index (κ2) is 5.66. The molecule has 1 heterocycles. The molecule has 1 aromatic carbocycles. The molecule has 1 aliphatic rings. The molecule has 0 unspecified atom stereocenters. The Labute approximate surface area is 126 Å². The zero-order valence-electron chi connectivity index (χ0n) is 11.4. The highest BCUT2D eigenvalue weighted by Gasteiger charge is 2.23. The van der Waals surface area contributed by atoms with Crippen LogP contribution in [-0.4, -0.2) is 27.2 Å². The molecule has 0 radical (unpaired) electrons. The van der Waals surface area contributed by atoms with Crippen molar-refractivity contribution in [1.82, 2.24) is 9.97 Å². The summed E-state index contributed by atoms with van der Waals surface area (Å²) in [5.74, 6) is 0.661. The molecular weight excluding hydrogens is 318 g/mol. The highest BCUT2D eigenvalue weighted by atomic mass is 79.9. The van der Waals surface area contributed by atoms with Gasteiger partial charge >= 0.3 is 0 Å². The Kier molecular flexibility index (Phi) is 3.89. The molecule has 1 aromatic heterocycles. The molecule has 0 aliphatic heterocycles. The lowest BCUT2D eigenvalue weighted by atomic mass is 10.1. The Bertz CT molecular complexity index is 632. The normalized spacial score (nSPS) is 22.4. The number of hydrogen-bond donors (Lipinski definition) is 2. The number of nitrogens with one attached hydrogen (secondary N) is 1. The quantitative estimate of drug-likeness (QED) is 0.903. The van der Waals surface area contributed by atoms with E-state index in [0.29, 0.717) is 5.95 Å². The van der Waals surface area contributed by atoms with Crippen LogP contribution < -0.4 is 5.32 Å². The zero-order valence-corrected chi connectivity index (χ0v) is 13.0. The van der Waals surface area contributed by atoms with Gasteiger partial charge in [-0.05, 0) is 43.4 Å². The average molecular weight is 336 g/mol. The van der Waals surface area contributed by atoms with Gasteiger partial charge in [-0.3, -0.25) is 0 Å². The van der Waals surface area contributed by atoms with E-state index in [4.69, 9.17) is 0 Å². The minimum absolute atomic E-state index is 0.185. The molecule has 1 aliphatic carbocycles. The first-order chi connectivity index (χ1) is 9.65. The standard InChI is InChI=1S/C15H18BrN3O/c1-2-9-5-11(16)6-10-8-17-15(19-14(9)10)18-12-3-4-13(20)7-12/h5-6,8,12-13,20H,2-4,7H2,1H3,(H,17,18,19)/t12-,13-/m0/s1. The molecule has 0 spiro atoms. The second-order valence-electron chi connectivity index (χ2n) is 5.36. The molecule has 0 saturated heterocycles. The van der Waals surface area contributed by atoms with Crippen molar-refractivity contribution in [2.75, 3.05) is 5.32 Å². The van der Waals surface area contributed by atoms with Crippen molar-refractivity contribution in [3.8, 4) is 0 Å². The van der Waals surface area contributed by atoms with E-state index >= 15 is 0 Å². The number of aliphatic hydroxyl groups excluding tert-OH is 1. The second-order valence-corrected chi connectivity index (χ2v) is 6.27. The lowest BCUT2D eigenvalue weighted by molar-refractivity contribution is 0.182. The number of aliphatic hydroxyl groups is 1. The Hall–Kier alpha value is -1.20. The minimum atomic E-state index is -0.185. The van der Waals surface area contributed by atoms with Crippen LogP contribution in [-0.2, 0) is 6.42 Å². The molecule has 1 fully saturated rings. The summed E-state index contributed by atoms with van der Waals surface area (Å²) in [7, 11) is 0. The smallest absolute Gasteiger partial charge is 0.223 e. The Morgan fingerprint density at radius 2 is 2.25 bits per heavy atom. The molecule has 106 valence electrons.